The molecule has 2 amide bonds. The van der Waals surface area contributed by atoms with E-state index in [1.807, 2.05) is 26.8 Å². The molecule has 0 spiro atoms. The van der Waals surface area contributed by atoms with E-state index in [2.05, 4.69) is 10.3 Å². The van der Waals surface area contributed by atoms with E-state index in [-0.39, 0.29) is 23.3 Å². The molecule has 1 N–H and O–H groups in total. The zero-order valence-electron chi connectivity index (χ0n) is 16.3. The Morgan fingerprint density at radius 3 is 2.43 bits per heavy atom. The normalized spacial score (nSPS) is 10.7. The van der Waals surface area contributed by atoms with Crippen LogP contribution in [0, 0.1) is 0 Å². The first kappa shape index (κ1) is 19.4. The largest absolute Gasteiger partial charge is 0.494 e. The summed E-state index contributed by atoms with van der Waals surface area (Å²) in [5.74, 6) is 0.330. The van der Waals surface area contributed by atoms with Crippen LogP contribution in [0.3, 0.4) is 0 Å². The van der Waals surface area contributed by atoms with Gasteiger partial charge >= 0.3 is 0 Å². The molecular weight excluding hydrogens is 356 g/mol. The van der Waals surface area contributed by atoms with Crippen molar-refractivity contribution in [1.29, 1.82) is 0 Å². The van der Waals surface area contributed by atoms with Crippen molar-refractivity contribution in [1.82, 2.24) is 14.3 Å². The number of fused-ring (bicyclic) bond motifs is 1. The van der Waals surface area contributed by atoms with Gasteiger partial charge in [-0.2, -0.15) is 0 Å². The number of nitrogens with one attached hydrogen (secondary N) is 1. The molecule has 0 atom stereocenters. The van der Waals surface area contributed by atoms with Crippen LogP contribution in [0.5, 0.6) is 5.75 Å². The van der Waals surface area contributed by atoms with Gasteiger partial charge in [-0.3, -0.25) is 14.0 Å². The standard InChI is InChI=1S/C21H24N4O3/c1-4-24(5-2)21(27)18-17-9-7-8-14-25(17)19(23-18)20(26)22-15-10-12-16(13-11-15)28-6-3/h7-14H,4-6H2,1-3H3,(H,22,26). The van der Waals surface area contributed by atoms with Crippen molar-refractivity contribution >= 4 is 23.0 Å². The number of anilines is 1. The second kappa shape index (κ2) is 8.56. The quantitative estimate of drug-likeness (QED) is 0.681. The number of ether oxygens (including phenoxy) is 1. The number of imidazole rings is 1. The van der Waals surface area contributed by atoms with Crippen LogP contribution in [0.1, 0.15) is 41.9 Å². The summed E-state index contributed by atoms with van der Waals surface area (Å²) < 4.78 is 7.05. The van der Waals surface area contributed by atoms with Crippen LogP contribution in [0.25, 0.3) is 5.52 Å². The molecule has 0 radical (unpaired) electrons. The summed E-state index contributed by atoms with van der Waals surface area (Å²) in [6.07, 6.45) is 1.73. The minimum atomic E-state index is -0.385. The average molecular weight is 380 g/mol. The zero-order chi connectivity index (χ0) is 20.1. The molecule has 0 bridgehead atoms. The molecule has 7 nitrogen and oxygen atoms in total. The monoisotopic (exact) mass is 380 g/mol. The molecule has 3 rings (SSSR count). The Hall–Kier alpha value is -3.35. The summed E-state index contributed by atoms with van der Waals surface area (Å²) in [5.41, 5.74) is 1.51. The topological polar surface area (TPSA) is 75.9 Å². The lowest BCUT2D eigenvalue weighted by molar-refractivity contribution is 0.0769. The van der Waals surface area contributed by atoms with E-state index < -0.39 is 0 Å². The molecular formula is C21H24N4O3. The zero-order valence-corrected chi connectivity index (χ0v) is 16.3. The van der Waals surface area contributed by atoms with Gasteiger partial charge in [-0.25, -0.2) is 4.98 Å². The van der Waals surface area contributed by atoms with Crippen LogP contribution in [0.4, 0.5) is 5.69 Å². The minimum absolute atomic E-state index is 0.167. The van der Waals surface area contributed by atoms with E-state index in [1.165, 1.54) is 0 Å². The highest BCUT2D eigenvalue weighted by molar-refractivity contribution is 6.06. The van der Waals surface area contributed by atoms with Gasteiger partial charge in [-0.05, 0) is 57.2 Å². The Morgan fingerprint density at radius 2 is 1.79 bits per heavy atom. The third-order valence-corrected chi connectivity index (χ3v) is 4.43. The Morgan fingerprint density at radius 1 is 1.07 bits per heavy atom. The molecule has 0 saturated carbocycles. The van der Waals surface area contributed by atoms with Gasteiger partial charge in [-0.15, -0.1) is 0 Å². The second-order valence-corrected chi connectivity index (χ2v) is 6.13. The Labute approximate surface area is 163 Å². The maximum absolute atomic E-state index is 12.8. The SMILES string of the molecule is CCOc1ccc(NC(=O)c2nc(C(=O)N(CC)CC)c3ccccn23)cc1. The predicted molar refractivity (Wildman–Crippen MR) is 108 cm³/mol. The fraction of sp³-hybridized carbons (Fsp3) is 0.286. The summed E-state index contributed by atoms with van der Waals surface area (Å²) in [6, 6.07) is 12.5. The van der Waals surface area contributed by atoms with Crippen molar-refractivity contribution in [3.8, 4) is 5.75 Å². The van der Waals surface area contributed by atoms with Gasteiger partial charge in [0.15, 0.2) is 5.69 Å². The van der Waals surface area contributed by atoms with Gasteiger partial charge in [0.1, 0.15) is 5.75 Å². The van der Waals surface area contributed by atoms with E-state index >= 15 is 0 Å². The fourth-order valence-electron chi connectivity index (χ4n) is 3.00. The number of pyridine rings is 1. The highest BCUT2D eigenvalue weighted by Gasteiger charge is 2.24. The molecule has 2 aromatic heterocycles. The van der Waals surface area contributed by atoms with E-state index in [1.54, 1.807) is 51.9 Å². The van der Waals surface area contributed by atoms with Crippen molar-refractivity contribution in [3.63, 3.8) is 0 Å². The summed E-state index contributed by atoms with van der Waals surface area (Å²) in [4.78, 5) is 31.7. The molecule has 146 valence electrons. The Bertz CT molecular complexity index is 975. The second-order valence-electron chi connectivity index (χ2n) is 6.13. The van der Waals surface area contributed by atoms with Gasteiger partial charge in [0.05, 0.1) is 12.1 Å². The van der Waals surface area contributed by atoms with Gasteiger partial charge in [0.25, 0.3) is 11.8 Å². The Balaban J connectivity index is 1.92. The van der Waals surface area contributed by atoms with Crippen molar-refractivity contribution in [3.05, 3.63) is 60.2 Å². The van der Waals surface area contributed by atoms with E-state index in [4.69, 9.17) is 4.74 Å². The summed E-state index contributed by atoms with van der Waals surface area (Å²) in [6.45, 7) is 7.48. The smallest absolute Gasteiger partial charge is 0.292 e. The number of nitrogens with zero attached hydrogens (tertiary/aromatic N) is 3. The number of aromatic nitrogens is 2. The van der Waals surface area contributed by atoms with Crippen molar-refractivity contribution in [2.24, 2.45) is 0 Å². The molecule has 0 aliphatic rings. The van der Waals surface area contributed by atoms with Crippen LogP contribution in [-0.4, -0.2) is 45.8 Å². The number of hydrogen-bond acceptors (Lipinski definition) is 4. The van der Waals surface area contributed by atoms with Gasteiger partial charge in [-0.1, -0.05) is 6.07 Å². The third-order valence-electron chi connectivity index (χ3n) is 4.43. The highest BCUT2D eigenvalue weighted by atomic mass is 16.5. The Kier molecular flexibility index (Phi) is 5.93. The van der Waals surface area contributed by atoms with Gasteiger partial charge < -0.3 is 15.0 Å². The average Bonchev–Trinajstić information content (AvgIpc) is 3.10. The minimum Gasteiger partial charge on any atom is -0.494 e. The van der Waals surface area contributed by atoms with Crippen molar-refractivity contribution in [2.45, 2.75) is 20.8 Å². The molecule has 0 saturated heterocycles. The number of carbonyl (C=O) groups is 2. The van der Waals surface area contributed by atoms with Crippen LogP contribution < -0.4 is 10.1 Å². The number of benzene rings is 1. The van der Waals surface area contributed by atoms with E-state index in [9.17, 15) is 9.59 Å². The molecule has 0 fully saturated rings. The highest BCUT2D eigenvalue weighted by Crippen LogP contribution is 2.19. The van der Waals surface area contributed by atoms with Crippen LogP contribution >= 0.6 is 0 Å². The first-order valence-corrected chi connectivity index (χ1v) is 9.39. The first-order chi connectivity index (χ1) is 13.6. The lowest BCUT2D eigenvalue weighted by atomic mass is 10.3. The molecule has 3 aromatic rings. The van der Waals surface area contributed by atoms with E-state index in [0.717, 1.165) is 5.75 Å². The summed E-state index contributed by atoms with van der Waals surface area (Å²) >= 11 is 0. The summed E-state index contributed by atoms with van der Waals surface area (Å²) in [5, 5.41) is 2.83. The number of carbonyl (C=O) groups excluding carboxylic acids is 2. The summed E-state index contributed by atoms with van der Waals surface area (Å²) in [7, 11) is 0. The number of amides is 2. The van der Waals surface area contributed by atoms with Crippen LogP contribution in [0.2, 0.25) is 0 Å². The molecule has 7 heteroatoms. The van der Waals surface area contributed by atoms with Gasteiger partial charge in [0.2, 0.25) is 5.82 Å². The molecule has 0 aliphatic carbocycles. The molecule has 28 heavy (non-hydrogen) atoms. The lowest BCUT2D eigenvalue weighted by Gasteiger charge is -2.17. The fourth-order valence-corrected chi connectivity index (χ4v) is 3.00. The van der Waals surface area contributed by atoms with Crippen LogP contribution in [0.15, 0.2) is 48.7 Å². The van der Waals surface area contributed by atoms with Gasteiger partial charge in [0, 0.05) is 25.0 Å². The molecule has 2 heterocycles. The maximum Gasteiger partial charge on any atom is 0.292 e. The van der Waals surface area contributed by atoms with Crippen molar-refractivity contribution < 1.29 is 14.3 Å². The third kappa shape index (κ3) is 3.83. The lowest BCUT2D eigenvalue weighted by Crippen LogP contribution is -2.31. The first-order valence-electron chi connectivity index (χ1n) is 9.39. The van der Waals surface area contributed by atoms with Crippen LogP contribution in [-0.2, 0) is 0 Å². The maximum atomic E-state index is 12.8. The molecule has 1 aromatic carbocycles. The molecule has 0 unspecified atom stereocenters. The number of rotatable bonds is 7. The molecule has 0 aliphatic heterocycles. The number of hydrogen-bond donors (Lipinski definition) is 1. The van der Waals surface area contributed by atoms with E-state index in [0.29, 0.717) is 30.9 Å². The predicted octanol–water partition coefficient (Wildman–Crippen LogP) is 3.47. The van der Waals surface area contributed by atoms with Crippen molar-refractivity contribution in [2.75, 3.05) is 25.0 Å².